The molecule has 0 saturated heterocycles. The third-order valence-electron chi connectivity index (χ3n) is 6.32. The normalized spacial score (nSPS) is 12.6. The lowest BCUT2D eigenvalue weighted by Crippen LogP contribution is -2.44. The average molecular weight is 619 g/mol. The maximum absolute atomic E-state index is 15.0. The molecule has 0 N–H and O–H groups in total. The quantitative estimate of drug-likeness (QED) is 0.213. The van der Waals surface area contributed by atoms with Crippen molar-refractivity contribution in [2.45, 2.75) is 65.7 Å². The van der Waals surface area contributed by atoms with Crippen molar-refractivity contribution in [1.82, 2.24) is 34.3 Å². The number of hydrogen-bond donors (Lipinski definition) is 0. The van der Waals surface area contributed by atoms with E-state index in [0.717, 1.165) is 5.56 Å². The summed E-state index contributed by atoms with van der Waals surface area (Å²) in [6, 6.07) is 8.85. The lowest BCUT2D eigenvalue weighted by molar-refractivity contribution is 0.0427. The summed E-state index contributed by atoms with van der Waals surface area (Å²) in [7, 11) is 0. The summed E-state index contributed by atoms with van der Waals surface area (Å²) in [4.78, 5) is 39.9. The zero-order valence-electron chi connectivity index (χ0n) is 25.8. The van der Waals surface area contributed by atoms with Crippen LogP contribution in [0.1, 0.15) is 60.1 Å². The number of hydrogen-bond acceptors (Lipinski definition) is 9. The monoisotopic (exact) mass is 618 g/mol. The third-order valence-corrected chi connectivity index (χ3v) is 6.32. The number of halogens is 2. The number of ether oxygens (including phenoxy) is 2. The van der Waals surface area contributed by atoms with E-state index in [4.69, 9.17) is 9.47 Å². The minimum atomic E-state index is -0.997. The number of benzene rings is 1. The van der Waals surface area contributed by atoms with Gasteiger partial charge in [-0.05, 0) is 78.3 Å². The van der Waals surface area contributed by atoms with Crippen LogP contribution in [0.2, 0.25) is 0 Å². The van der Waals surface area contributed by atoms with Crippen LogP contribution in [0.5, 0.6) is 0 Å². The fourth-order valence-corrected chi connectivity index (χ4v) is 4.25. The molecule has 4 heterocycles. The highest BCUT2D eigenvalue weighted by molar-refractivity contribution is 6.08. The van der Waals surface area contributed by atoms with Gasteiger partial charge < -0.3 is 9.47 Å². The third kappa shape index (κ3) is 7.11. The number of amides is 2. The van der Waals surface area contributed by atoms with E-state index in [-0.39, 0.29) is 34.7 Å². The topological polar surface area (TPSA) is 130 Å². The first-order valence-corrected chi connectivity index (χ1v) is 14.0. The molecular weight excluding hydrogens is 586 g/mol. The molecule has 5 aromatic rings. The van der Waals surface area contributed by atoms with Crippen LogP contribution in [-0.4, -0.2) is 57.7 Å². The van der Waals surface area contributed by atoms with Crippen LogP contribution < -0.4 is 4.90 Å². The van der Waals surface area contributed by atoms with Crippen molar-refractivity contribution in [2.75, 3.05) is 4.90 Å². The molecule has 1 aromatic carbocycles. The molecule has 0 aliphatic carbocycles. The molecule has 5 rings (SSSR count). The second-order valence-corrected chi connectivity index (χ2v) is 12.3. The minimum absolute atomic E-state index is 0.134. The predicted molar refractivity (Wildman–Crippen MR) is 160 cm³/mol. The number of aromatic nitrogens is 7. The van der Waals surface area contributed by atoms with E-state index >= 15 is 4.39 Å². The summed E-state index contributed by atoms with van der Waals surface area (Å²) >= 11 is 0. The number of imide groups is 1. The van der Waals surface area contributed by atoms with Crippen molar-refractivity contribution in [1.29, 1.82) is 0 Å². The molecule has 4 aromatic heterocycles. The summed E-state index contributed by atoms with van der Waals surface area (Å²) < 4.78 is 42.0. The van der Waals surface area contributed by atoms with Gasteiger partial charge in [0.1, 0.15) is 17.0 Å². The van der Waals surface area contributed by atoms with Gasteiger partial charge >= 0.3 is 12.2 Å². The number of nitrogens with zero attached hydrogens (tertiary/aromatic N) is 8. The van der Waals surface area contributed by atoms with Gasteiger partial charge in [-0.3, -0.25) is 9.67 Å². The molecule has 2 amide bonds. The van der Waals surface area contributed by atoms with E-state index in [1.54, 1.807) is 72.0 Å². The summed E-state index contributed by atoms with van der Waals surface area (Å²) in [5, 5.41) is 8.30. The summed E-state index contributed by atoms with van der Waals surface area (Å²) in [5.41, 5.74) is 0.561. The fourth-order valence-electron chi connectivity index (χ4n) is 4.25. The van der Waals surface area contributed by atoms with Gasteiger partial charge in [0.05, 0.1) is 35.4 Å². The van der Waals surface area contributed by atoms with Crippen molar-refractivity contribution in [3.05, 3.63) is 78.5 Å². The Kier molecular flexibility index (Phi) is 8.08. The molecule has 0 radical (unpaired) electrons. The standard InChI is InChI=1S/C31H32F2N8O4/c1-18(19-8-10-21(32)11-9-19)40-17-22(26(33)37-40)24-16-34-15-23(35-24)20-12-13-39-25(14-20)36-27(38-39)41(28(42)44-30(2,3)4)29(43)45-31(5,6)7/h8-18H,1-7H3/t18-/m1/s1. The summed E-state index contributed by atoms with van der Waals surface area (Å²) in [6.45, 7) is 11.8. The molecule has 234 valence electrons. The number of carbonyl (C=O) groups excluding carboxylic acids is 2. The Balaban J connectivity index is 1.46. The molecule has 0 bridgehead atoms. The fraction of sp³-hybridized carbons (Fsp3) is 0.323. The van der Waals surface area contributed by atoms with Gasteiger partial charge in [-0.2, -0.15) is 9.37 Å². The van der Waals surface area contributed by atoms with Gasteiger partial charge in [0.2, 0.25) is 5.95 Å². The Hall–Kier alpha value is -5.27. The number of rotatable bonds is 5. The van der Waals surface area contributed by atoms with Crippen molar-refractivity contribution in [3.63, 3.8) is 0 Å². The van der Waals surface area contributed by atoms with E-state index in [9.17, 15) is 14.0 Å². The molecule has 0 spiro atoms. The van der Waals surface area contributed by atoms with Crippen molar-refractivity contribution >= 4 is 23.8 Å². The van der Waals surface area contributed by atoms with Crippen LogP contribution in [-0.2, 0) is 9.47 Å². The van der Waals surface area contributed by atoms with Gasteiger partial charge in [0.25, 0.3) is 5.95 Å². The summed E-state index contributed by atoms with van der Waals surface area (Å²) in [5.74, 6) is -1.35. The smallest absolute Gasteiger partial charge is 0.427 e. The second kappa shape index (κ2) is 11.7. The first-order valence-electron chi connectivity index (χ1n) is 14.0. The minimum Gasteiger partial charge on any atom is -0.443 e. The molecule has 0 fully saturated rings. The van der Waals surface area contributed by atoms with Gasteiger partial charge in [-0.1, -0.05) is 12.1 Å². The predicted octanol–water partition coefficient (Wildman–Crippen LogP) is 6.61. The van der Waals surface area contributed by atoms with E-state index in [1.807, 2.05) is 6.92 Å². The van der Waals surface area contributed by atoms with Crippen LogP contribution in [0.4, 0.5) is 24.3 Å². The van der Waals surface area contributed by atoms with Gasteiger partial charge in [0, 0.05) is 18.0 Å². The first kappa shape index (κ1) is 31.2. The molecule has 0 aliphatic heterocycles. The zero-order chi connectivity index (χ0) is 32.7. The number of carbonyl (C=O) groups is 2. The highest BCUT2D eigenvalue weighted by atomic mass is 19.1. The second-order valence-electron chi connectivity index (χ2n) is 12.3. The van der Waals surface area contributed by atoms with Crippen molar-refractivity contribution in [3.8, 4) is 22.5 Å². The van der Waals surface area contributed by atoms with Crippen LogP contribution in [0.15, 0.2) is 61.2 Å². The highest BCUT2D eigenvalue weighted by Gasteiger charge is 2.35. The zero-order valence-corrected chi connectivity index (χ0v) is 25.8. The first-order chi connectivity index (χ1) is 21.1. The molecule has 14 heteroatoms. The molecular formula is C31H32F2N8O4. The van der Waals surface area contributed by atoms with Crippen molar-refractivity contribution < 1.29 is 27.8 Å². The Morgan fingerprint density at radius 3 is 2.11 bits per heavy atom. The maximum atomic E-state index is 15.0. The molecule has 1 atom stereocenters. The summed E-state index contributed by atoms with van der Waals surface area (Å²) in [6.07, 6.45) is 4.02. The molecule has 0 aliphatic rings. The SMILES string of the molecule is C[C@H](c1ccc(F)cc1)n1cc(-c2cncc(-c3ccn4nc(N(C(=O)OC(C)(C)C)C(=O)OC(C)(C)C)nc4c3)n2)c(F)n1. The van der Waals surface area contributed by atoms with Crippen LogP contribution in [0.3, 0.4) is 0 Å². The Morgan fingerprint density at radius 2 is 1.49 bits per heavy atom. The Bertz CT molecular complexity index is 1850. The lowest BCUT2D eigenvalue weighted by Gasteiger charge is -2.26. The maximum Gasteiger partial charge on any atom is 0.427 e. The van der Waals surface area contributed by atoms with Gasteiger partial charge in [0.15, 0.2) is 5.65 Å². The highest BCUT2D eigenvalue weighted by Crippen LogP contribution is 2.27. The van der Waals surface area contributed by atoms with Gasteiger partial charge in [-0.15, -0.1) is 15.1 Å². The van der Waals surface area contributed by atoms with Gasteiger partial charge in [-0.25, -0.2) is 23.5 Å². The number of fused-ring (bicyclic) bond motifs is 1. The molecule has 45 heavy (non-hydrogen) atoms. The van der Waals surface area contributed by atoms with Crippen LogP contribution in [0.25, 0.3) is 28.2 Å². The van der Waals surface area contributed by atoms with E-state index in [0.29, 0.717) is 16.2 Å². The number of anilines is 1. The van der Waals surface area contributed by atoms with Crippen LogP contribution >= 0.6 is 0 Å². The Labute approximate surface area is 257 Å². The lowest BCUT2D eigenvalue weighted by atomic mass is 10.1. The van der Waals surface area contributed by atoms with E-state index < -0.39 is 29.3 Å². The van der Waals surface area contributed by atoms with Crippen LogP contribution in [0, 0.1) is 11.8 Å². The number of pyridine rings is 1. The largest absolute Gasteiger partial charge is 0.443 e. The molecule has 12 nitrogen and oxygen atoms in total. The average Bonchev–Trinajstić information content (AvgIpc) is 3.54. The van der Waals surface area contributed by atoms with Crippen molar-refractivity contribution in [2.24, 2.45) is 0 Å². The van der Waals surface area contributed by atoms with E-state index in [1.165, 1.54) is 39.9 Å². The Morgan fingerprint density at radius 1 is 0.867 bits per heavy atom. The molecule has 0 unspecified atom stereocenters. The molecule has 0 saturated carbocycles. The van der Waals surface area contributed by atoms with E-state index in [2.05, 4.69) is 25.1 Å².